The minimum absolute atomic E-state index is 0.344. The first-order valence-corrected chi connectivity index (χ1v) is 8.01. The number of hydrogen-bond donors (Lipinski definition) is 3. The predicted octanol–water partition coefficient (Wildman–Crippen LogP) is 2.52. The third kappa shape index (κ3) is 4.25. The van der Waals surface area contributed by atoms with Crippen molar-refractivity contribution in [2.45, 2.75) is 12.3 Å². The van der Waals surface area contributed by atoms with Crippen LogP contribution in [0.5, 0.6) is 0 Å². The maximum Gasteiger partial charge on any atom is 0.346 e. The van der Waals surface area contributed by atoms with E-state index >= 15 is 0 Å². The van der Waals surface area contributed by atoms with Gasteiger partial charge < -0.3 is 9.79 Å². The van der Waals surface area contributed by atoms with Gasteiger partial charge >= 0.3 is 7.60 Å². The zero-order chi connectivity index (χ0) is 15.3. The minimum atomic E-state index is -4.35. The summed E-state index contributed by atoms with van der Waals surface area (Å²) < 4.78 is 11.7. The van der Waals surface area contributed by atoms with Gasteiger partial charge in [-0.1, -0.05) is 42.5 Å². The molecule has 2 aromatic carbocycles. The van der Waals surface area contributed by atoms with E-state index in [1.165, 1.54) is 0 Å². The van der Waals surface area contributed by atoms with Crippen molar-refractivity contribution >= 4 is 7.60 Å². The average Bonchev–Trinajstić information content (AvgIpc) is 2.48. The monoisotopic (exact) mass is 302 g/mol. The molecule has 0 saturated heterocycles. The second-order valence-electron chi connectivity index (χ2n) is 4.59. The molecule has 1 atom stereocenters. The maximum atomic E-state index is 11.7. The Hall–Kier alpha value is -1.96. The van der Waals surface area contributed by atoms with Gasteiger partial charge in [0.2, 0.25) is 0 Å². The summed E-state index contributed by atoms with van der Waals surface area (Å²) in [5.41, 5.74) is 1.84. The summed E-state index contributed by atoms with van der Waals surface area (Å²) in [5.74, 6) is -1.09. The van der Waals surface area contributed by atoms with E-state index in [-0.39, 0.29) is 0 Å². The lowest BCUT2D eigenvalue weighted by atomic mass is 10.1. The average molecular weight is 302 g/mol. The highest BCUT2D eigenvalue weighted by molar-refractivity contribution is 7.52. The van der Waals surface area contributed by atoms with E-state index in [9.17, 15) is 14.4 Å². The Morgan fingerprint density at radius 1 is 1.10 bits per heavy atom. The molecule has 0 aliphatic rings. The van der Waals surface area contributed by atoms with Crippen LogP contribution in [0, 0.1) is 11.3 Å². The van der Waals surface area contributed by atoms with Crippen LogP contribution in [0.1, 0.15) is 22.5 Å². The van der Waals surface area contributed by atoms with Crippen molar-refractivity contribution in [3.63, 3.8) is 0 Å². The van der Waals surface area contributed by atoms with Crippen molar-refractivity contribution in [2.24, 2.45) is 0 Å². The normalized spacial score (nSPS) is 12.6. The highest BCUT2D eigenvalue weighted by Crippen LogP contribution is 2.50. The van der Waals surface area contributed by atoms with Gasteiger partial charge in [0.1, 0.15) is 5.78 Å². The van der Waals surface area contributed by atoms with Gasteiger partial charge in [0.25, 0.3) is 0 Å². The summed E-state index contributed by atoms with van der Waals surface area (Å²) in [5, 5.41) is 11.6. The number of rotatable bonds is 5. The summed E-state index contributed by atoms with van der Waals surface area (Å²) >= 11 is 0. The second kappa shape index (κ2) is 6.66. The third-order valence-electron chi connectivity index (χ3n) is 3.03. The predicted molar refractivity (Wildman–Crippen MR) is 79.2 cm³/mol. The Labute approximate surface area is 123 Å². The standard InChI is InChI=1S/C15H15N2O3P/c16-10-12-6-8-14(9-7-12)15(21(18,19)20)17-11-13-4-2-1-3-5-13/h1-9,15,17H,11H2,(H2,18,19,20)/t15-/m1/s1. The van der Waals surface area contributed by atoms with Gasteiger partial charge in [0.05, 0.1) is 11.6 Å². The van der Waals surface area contributed by atoms with E-state index in [0.29, 0.717) is 17.7 Å². The smallest absolute Gasteiger partial charge is 0.323 e. The zero-order valence-electron chi connectivity index (χ0n) is 11.2. The number of hydrogen-bond acceptors (Lipinski definition) is 3. The number of nitriles is 1. The molecule has 0 aliphatic heterocycles. The molecule has 0 heterocycles. The quantitative estimate of drug-likeness (QED) is 0.738. The lowest BCUT2D eigenvalue weighted by molar-refractivity contribution is 0.347. The van der Waals surface area contributed by atoms with Crippen molar-refractivity contribution in [2.75, 3.05) is 0 Å². The van der Waals surface area contributed by atoms with Crippen LogP contribution in [0.25, 0.3) is 0 Å². The van der Waals surface area contributed by atoms with E-state index in [0.717, 1.165) is 5.56 Å². The molecule has 0 fully saturated rings. The van der Waals surface area contributed by atoms with E-state index in [2.05, 4.69) is 5.32 Å². The van der Waals surface area contributed by atoms with Gasteiger partial charge in [0.15, 0.2) is 0 Å². The molecule has 0 saturated carbocycles. The van der Waals surface area contributed by atoms with Gasteiger partial charge in [-0.05, 0) is 23.3 Å². The summed E-state index contributed by atoms with van der Waals surface area (Å²) in [7, 11) is -4.35. The molecule has 0 aliphatic carbocycles. The van der Waals surface area contributed by atoms with Gasteiger partial charge in [-0.3, -0.25) is 9.88 Å². The van der Waals surface area contributed by atoms with Crippen LogP contribution in [0.2, 0.25) is 0 Å². The Bertz CT molecular complexity index is 674. The van der Waals surface area contributed by atoms with Gasteiger partial charge in [-0.25, -0.2) is 0 Å². The molecule has 0 radical (unpaired) electrons. The van der Waals surface area contributed by atoms with Crippen LogP contribution in [0.15, 0.2) is 54.6 Å². The molecule has 0 unspecified atom stereocenters. The first-order valence-electron chi connectivity index (χ1n) is 6.33. The fourth-order valence-corrected chi connectivity index (χ4v) is 2.87. The van der Waals surface area contributed by atoms with Crippen LogP contribution in [0.4, 0.5) is 0 Å². The van der Waals surface area contributed by atoms with E-state index < -0.39 is 13.4 Å². The summed E-state index contributed by atoms with van der Waals surface area (Å²) in [6.45, 7) is 0.344. The summed E-state index contributed by atoms with van der Waals surface area (Å²) in [4.78, 5) is 19.0. The third-order valence-corrected chi connectivity index (χ3v) is 4.19. The molecule has 5 nitrogen and oxygen atoms in total. The first kappa shape index (κ1) is 15.4. The highest BCUT2D eigenvalue weighted by atomic mass is 31.2. The van der Waals surface area contributed by atoms with Gasteiger partial charge in [0, 0.05) is 6.54 Å². The Morgan fingerprint density at radius 3 is 2.24 bits per heavy atom. The van der Waals surface area contributed by atoms with E-state index in [4.69, 9.17) is 5.26 Å². The number of nitrogens with zero attached hydrogens (tertiary/aromatic N) is 1. The molecule has 2 rings (SSSR count). The highest BCUT2D eigenvalue weighted by Gasteiger charge is 2.29. The molecule has 0 spiro atoms. The van der Waals surface area contributed by atoms with E-state index in [1.807, 2.05) is 36.4 Å². The lowest BCUT2D eigenvalue weighted by Gasteiger charge is -2.20. The zero-order valence-corrected chi connectivity index (χ0v) is 12.1. The number of nitrogens with one attached hydrogen (secondary N) is 1. The van der Waals surface area contributed by atoms with Gasteiger partial charge in [-0.2, -0.15) is 5.26 Å². The Morgan fingerprint density at radius 2 is 1.71 bits per heavy atom. The number of benzene rings is 2. The van der Waals surface area contributed by atoms with Crippen LogP contribution < -0.4 is 5.32 Å². The van der Waals surface area contributed by atoms with Crippen LogP contribution in [-0.4, -0.2) is 9.79 Å². The van der Waals surface area contributed by atoms with Crippen molar-refractivity contribution in [3.05, 3.63) is 71.3 Å². The fourth-order valence-electron chi connectivity index (χ4n) is 1.98. The van der Waals surface area contributed by atoms with Crippen molar-refractivity contribution in [3.8, 4) is 6.07 Å². The lowest BCUT2D eigenvalue weighted by Crippen LogP contribution is -2.21. The minimum Gasteiger partial charge on any atom is -0.323 e. The second-order valence-corrected chi connectivity index (χ2v) is 6.29. The first-order chi connectivity index (χ1) is 10.0. The molecular formula is C15H15N2O3P. The van der Waals surface area contributed by atoms with Crippen LogP contribution in [-0.2, 0) is 11.1 Å². The molecule has 108 valence electrons. The Balaban J connectivity index is 2.19. The molecule has 2 aromatic rings. The Kier molecular flexibility index (Phi) is 4.89. The van der Waals surface area contributed by atoms with Crippen LogP contribution in [0.3, 0.4) is 0 Å². The summed E-state index contributed by atoms with van der Waals surface area (Å²) in [6.07, 6.45) is 0. The van der Waals surface area contributed by atoms with Crippen molar-refractivity contribution in [1.29, 1.82) is 5.26 Å². The maximum absolute atomic E-state index is 11.7. The molecular weight excluding hydrogens is 287 g/mol. The molecule has 6 heteroatoms. The molecule has 3 N–H and O–H groups in total. The van der Waals surface area contributed by atoms with Gasteiger partial charge in [-0.15, -0.1) is 0 Å². The van der Waals surface area contributed by atoms with Crippen molar-refractivity contribution < 1.29 is 14.4 Å². The van der Waals surface area contributed by atoms with E-state index in [1.54, 1.807) is 24.3 Å². The van der Waals surface area contributed by atoms with Crippen molar-refractivity contribution in [1.82, 2.24) is 5.32 Å². The van der Waals surface area contributed by atoms with Crippen LogP contribution >= 0.6 is 7.60 Å². The summed E-state index contributed by atoms with van der Waals surface area (Å²) in [6, 6.07) is 17.5. The SMILES string of the molecule is N#Cc1ccc([C@H](NCc2ccccc2)P(=O)(O)O)cc1. The molecule has 0 amide bonds. The largest absolute Gasteiger partial charge is 0.346 e. The molecule has 0 aromatic heterocycles. The molecule has 0 bridgehead atoms. The molecule has 21 heavy (non-hydrogen) atoms. The fraction of sp³-hybridized carbons (Fsp3) is 0.133. The topological polar surface area (TPSA) is 93.4 Å².